The van der Waals surface area contributed by atoms with Crippen LogP contribution in [-0.4, -0.2) is 45.2 Å². The highest BCUT2D eigenvalue weighted by molar-refractivity contribution is 5.95. The molecule has 156 valence electrons. The average molecular weight is 417 g/mol. The molecule has 1 aromatic carbocycles. The maximum atomic E-state index is 12.8. The number of morpholine rings is 1. The summed E-state index contributed by atoms with van der Waals surface area (Å²) in [6.45, 7) is 2.24. The summed E-state index contributed by atoms with van der Waals surface area (Å²) in [5.74, 6) is -0.369. The minimum atomic E-state index is -4.61. The highest BCUT2D eigenvalue weighted by Crippen LogP contribution is 2.27. The van der Waals surface area contributed by atoms with E-state index >= 15 is 0 Å². The Kier molecular flexibility index (Phi) is 5.60. The first-order valence-electron chi connectivity index (χ1n) is 9.30. The van der Waals surface area contributed by atoms with E-state index in [2.05, 4.69) is 20.4 Å². The molecule has 30 heavy (non-hydrogen) atoms. The second-order valence-corrected chi connectivity index (χ2v) is 6.81. The number of carbonyl (C=O) groups excluding carboxylic acids is 1. The van der Waals surface area contributed by atoms with Gasteiger partial charge in [-0.3, -0.25) is 9.78 Å². The molecular formula is C20H18F3N5O2. The molecule has 0 saturated carbocycles. The maximum Gasteiger partial charge on any atom is 0.434 e. The van der Waals surface area contributed by atoms with Crippen molar-refractivity contribution in [1.82, 2.24) is 25.1 Å². The first-order chi connectivity index (χ1) is 14.4. The number of nitrogens with one attached hydrogen (secondary N) is 1. The van der Waals surface area contributed by atoms with Crippen molar-refractivity contribution in [2.24, 2.45) is 0 Å². The molecule has 1 aliphatic heterocycles. The van der Waals surface area contributed by atoms with Crippen molar-refractivity contribution in [2.45, 2.75) is 18.7 Å². The van der Waals surface area contributed by atoms with Gasteiger partial charge in [-0.15, -0.1) is 0 Å². The number of aromatic nitrogens is 4. The van der Waals surface area contributed by atoms with Crippen LogP contribution in [0.15, 0.2) is 48.9 Å². The van der Waals surface area contributed by atoms with Crippen LogP contribution in [0, 0.1) is 0 Å². The van der Waals surface area contributed by atoms with Crippen molar-refractivity contribution >= 4 is 5.78 Å². The summed E-state index contributed by atoms with van der Waals surface area (Å²) in [5.41, 5.74) is 0.852. The van der Waals surface area contributed by atoms with Crippen molar-refractivity contribution in [1.29, 1.82) is 0 Å². The molecule has 0 bridgehead atoms. The first-order valence-corrected chi connectivity index (χ1v) is 9.30. The summed E-state index contributed by atoms with van der Waals surface area (Å²) >= 11 is 0. The van der Waals surface area contributed by atoms with Crippen molar-refractivity contribution in [3.8, 4) is 5.82 Å². The van der Waals surface area contributed by atoms with E-state index in [0.717, 1.165) is 35.1 Å². The smallest absolute Gasteiger partial charge is 0.371 e. The Bertz CT molecular complexity index is 1030. The van der Waals surface area contributed by atoms with Gasteiger partial charge in [0.25, 0.3) is 0 Å². The van der Waals surface area contributed by atoms with E-state index in [0.29, 0.717) is 12.8 Å². The van der Waals surface area contributed by atoms with E-state index in [1.54, 1.807) is 0 Å². The predicted octanol–water partition coefficient (Wildman–Crippen LogP) is 2.77. The number of carbonyl (C=O) groups is 1. The molecule has 1 aliphatic rings. The fraction of sp³-hybridized carbons (Fsp3) is 0.300. The Labute approximate surface area is 169 Å². The average Bonchev–Trinajstić information content (AvgIpc) is 3.25. The maximum absolute atomic E-state index is 12.8. The van der Waals surface area contributed by atoms with Gasteiger partial charge in [-0.1, -0.05) is 24.3 Å². The molecule has 1 saturated heterocycles. The van der Waals surface area contributed by atoms with Crippen LogP contribution in [0.25, 0.3) is 5.82 Å². The lowest BCUT2D eigenvalue weighted by Gasteiger charge is -2.24. The van der Waals surface area contributed by atoms with Crippen molar-refractivity contribution < 1.29 is 22.7 Å². The highest BCUT2D eigenvalue weighted by atomic mass is 19.4. The zero-order valence-electron chi connectivity index (χ0n) is 15.8. The number of Topliss-reactive ketones (excluding diaryl/α,β-unsaturated/α-hetero) is 1. The van der Waals surface area contributed by atoms with Gasteiger partial charge in [0.15, 0.2) is 17.3 Å². The topological polar surface area (TPSA) is 81.9 Å². The van der Waals surface area contributed by atoms with E-state index in [1.807, 2.05) is 24.3 Å². The molecule has 0 unspecified atom stereocenters. The lowest BCUT2D eigenvalue weighted by atomic mass is 10.0. The third-order valence-electron chi connectivity index (χ3n) is 4.67. The SMILES string of the molecule is O=C(Cc1ccc([C@H]2CNCCO2)cc1)c1ccn(-c2cncc(C(F)(F)F)n2)n1. The van der Waals surface area contributed by atoms with Crippen LogP contribution >= 0.6 is 0 Å². The summed E-state index contributed by atoms with van der Waals surface area (Å²) in [4.78, 5) is 19.6. The van der Waals surface area contributed by atoms with Crippen LogP contribution in [0.3, 0.4) is 0 Å². The molecule has 2 aromatic heterocycles. The van der Waals surface area contributed by atoms with Gasteiger partial charge in [0.1, 0.15) is 5.69 Å². The monoisotopic (exact) mass is 417 g/mol. The third kappa shape index (κ3) is 4.55. The fourth-order valence-corrected chi connectivity index (χ4v) is 3.11. The van der Waals surface area contributed by atoms with E-state index in [1.165, 1.54) is 12.3 Å². The molecule has 0 radical (unpaired) electrons. The second-order valence-electron chi connectivity index (χ2n) is 6.81. The number of hydrogen-bond acceptors (Lipinski definition) is 6. The van der Waals surface area contributed by atoms with Gasteiger partial charge >= 0.3 is 6.18 Å². The molecule has 3 aromatic rings. The molecular weight excluding hydrogens is 399 g/mol. The number of benzene rings is 1. The van der Waals surface area contributed by atoms with Gasteiger partial charge in [0.05, 0.1) is 25.1 Å². The van der Waals surface area contributed by atoms with E-state index in [9.17, 15) is 18.0 Å². The Morgan fingerprint density at radius 1 is 1.20 bits per heavy atom. The van der Waals surface area contributed by atoms with E-state index in [-0.39, 0.29) is 29.8 Å². The number of rotatable bonds is 5. The normalized spacial score (nSPS) is 17.1. The number of hydrogen-bond donors (Lipinski definition) is 1. The zero-order chi connectivity index (χ0) is 21.1. The largest absolute Gasteiger partial charge is 0.434 e. The molecule has 3 heterocycles. The van der Waals surface area contributed by atoms with E-state index in [4.69, 9.17) is 4.74 Å². The van der Waals surface area contributed by atoms with Gasteiger partial charge in [0, 0.05) is 25.7 Å². The van der Waals surface area contributed by atoms with Gasteiger partial charge in [-0.05, 0) is 17.2 Å². The molecule has 4 rings (SSSR count). The molecule has 1 fully saturated rings. The van der Waals surface area contributed by atoms with Crippen LogP contribution in [0.4, 0.5) is 13.2 Å². The Morgan fingerprint density at radius 2 is 2.00 bits per heavy atom. The van der Waals surface area contributed by atoms with Crippen LogP contribution in [0.5, 0.6) is 0 Å². The number of ketones is 1. The third-order valence-corrected chi connectivity index (χ3v) is 4.67. The lowest BCUT2D eigenvalue weighted by Crippen LogP contribution is -2.33. The quantitative estimate of drug-likeness (QED) is 0.643. The van der Waals surface area contributed by atoms with Crippen LogP contribution in [-0.2, 0) is 17.3 Å². The van der Waals surface area contributed by atoms with Crippen LogP contribution in [0.2, 0.25) is 0 Å². The molecule has 10 heteroatoms. The summed E-state index contributed by atoms with van der Waals surface area (Å²) in [6.07, 6.45) is -1.33. The Hall–Kier alpha value is -3.11. The van der Waals surface area contributed by atoms with Crippen LogP contribution < -0.4 is 5.32 Å². The molecule has 7 nitrogen and oxygen atoms in total. The van der Waals surface area contributed by atoms with E-state index < -0.39 is 11.9 Å². The summed E-state index contributed by atoms with van der Waals surface area (Å²) in [5, 5.41) is 7.33. The first kappa shape index (κ1) is 20.2. The molecule has 1 N–H and O–H groups in total. The van der Waals surface area contributed by atoms with Crippen molar-refractivity contribution in [3.63, 3.8) is 0 Å². The second kappa shape index (κ2) is 8.33. The van der Waals surface area contributed by atoms with Gasteiger partial charge in [-0.2, -0.15) is 18.3 Å². The number of ether oxygens (including phenoxy) is 1. The molecule has 0 amide bonds. The highest BCUT2D eigenvalue weighted by Gasteiger charge is 2.33. The van der Waals surface area contributed by atoms with Gasteiger partial charge in [-0.25, -0.2) is 9.67 Å². The molecule has 0 spiro atoms. The molecule has 1 atom stereocenters. The van der Waals surface area contributed by atoms with Gasteiger partial charge < -0.3 is 10.1 Å². The minimum Gasteiger partial charge on any atom is -0.371 e. The number of alkyl halides is 3. The number of nitrogens with zero attached hydrogens (tertiary/aromatic N) is 4. The predicted molar refractivity (Wildman–Crippen MR) is 100 cm³/mol. The zero-order valence-corrected chi connectivity index (χ0v) is 15.8. The molecule has 0 aliphatic carbocycles. The van der Waals surface area contributed by atoms with Gasteiger partial charge in [0.2, 0.25) is 0 Å². The van der Waals surface area contributed by atoms with Crippen molar-refractivity contribution in [3.05, 3.63) is 71.4 Å². The fourth-order valence-electron chi connectivity index (χ4n) is 3.11. The lowest BCUT2D eigenvalue weighted by molar-refractivity contribution is -0.141. The Balaban J connectivity index is 1.44. The number of halogens is 3. The van der Waals surface area contributed by atoms with Crippen LogP contribution in [0.1, 0.15) is 33.4 Å². The Morgan fingerprint density at radius 3 is 2.70 bits per heavy atom. The summed E-state index contributed by atoms with van der Waals surface area (Å²) in [6, 6.07) is 9.02. The standard InChI is InChI=1S/C20H18F3N5O2/c21-20(22,23)18-11-25-12-19(26-18)28-7-5-15(27-28)16(29)9-13-1-3-14(4-2-13)17-10-24-6-8-30-17/h1-5,7,11-12,17,24H,6,8-10H2/t17-/m1/s1. The minimum absolute atomic E-state index is 0.00669. The van der Waals surface area contributed by atoms with Crippen molar-refractivity contribution in [2.75, 3.05) is 19.7 Å². The summed E-state index contributed by atoms with van der Waals surface area (Å²) < 4.78 is 45.2. The summed E-state index contributed by atoms with van der Waals surface area (Å²) in [7, 11) is 0.